The summed E-state index contributed by atoms with van der Waals surface area (Å²) in [7, 11) is 0. The number of hydrogen-bond acceptors (Lipinski definition) is 2. The molecule has 0 bridgehead atoms. The molecule has 0 aromatic carbocycles. The van der Waals surface area contributed by atoms with Crippen molar-refractivity contribution in [1.29, 1.82) is 0 Å². The summed E-state index contributed by atoms with van der Waals surface area (Å²) >= 11 is 0. The summed E-state index contributed by atoms with van der Waals surface area (Å²) in [5.41, 5.74) is 2.03. The molecule has 1 N–H and O–H groups in total. The Morgan fingerprint density at radius 2 is 2.31 bits per heavy atom. The first-order chi connectivity index (χ1) is 6.22. The topological polar surface area (TPSA) is 42.0 Å². The van der Waals surface area contributed by atoms with Crippen LogP contribution in [0.25, 0.3) is 0 Å². The predicted molar refractivity (Wildman–Crippen MR) is 51.1 cm³/mol. The van der Waals surface area contributed by atoms with Gasteiger partial charge in [0.05, 0.1) is 12.2 Å². The van der Waals surface area contributed by atoms with Crippen molar-refractivity contribution in [3.8, 4) is 0 Å². The molecule has 0 aliphatic rings. The summed E-state index contributed by atoms with van der Waals surface area (Å²) in [6.07, 6.45) is 2.32. The molecule has 0 radical (unpaired) electrons. The molecule has 0 saturated carbocycles. The molecular formula is C10H14N2O. The van der Waals surface area contributed by atoms with Crippen LogP contribution in [0.1, 0.15) is 24.6 Å². The Morgan fingerprint density at radius 1 is 1.54 bits per heavy atom. The molecule has 0 aliphatic carbocycles. The van der Waals surface area contributed by atoms with Gasteiger partial charge in [-0.25, -0.2) is 0 Å². The maximum Gasteiger partial charge on any atom is 0.220 e. The van der Waals surface area contributed by atoms with E-state index in [1.165, 1.54) is 0 Å². The lowest BCUT2D eigenvalue weighted by Gasteiger charge is -2.02. The molecule has 0 spiro atoms. The van der Waals surface area contributed by atoms with Crippen LogP contribution in [0.15, 0.2) is 18.3 Å². The molecule has 0 saturated heterocycles. The van der Waals surface area contributed by atoms with Gasteiger partial charge in [0, 0.05) is 12.6 Å². The Labute approximate surface area is 78.2 Å². The Morgan fingerprint density at radius 3 is 2.85 bits per heavy atom. The van der Waals surface area contributed by atoms with Gasteiger partial charge < -0.3 is 5.32 Å². The molecule has 0 aliphatic heterocycles. The van der Waals surface area contributed by atoms with E-state index in [9.17, 15) is 4.79 Å². The first-order valence-electron chi connectivity index (χ1n) is 4.40. The first kappa shape index (κ1) is 9.71. The zero-order valence-corrected chi connectivity index (χ0v) is 8.00. The molecular weight excluding hydrogens is 164 g/mol. The minimum Gasteiger partial charge on any atom is -0.350 e. The lowest BCUT2D eigenvalue weighted by molar-refractivity contribution is -0.120. The molecule has 0 unspecified atom stereocenters. The smallest absolute Gasteiger partial charge is 0.220 e. The molecule has 3 nitrogen and oxygen atoms in total. The summed E-state index contributed by atoms with van der Waals surface area (Å²) in [5.74, 6) is 0.0578. The van der Waals surface area contributed by atoms with Crippen LogP contribution >= 0.6 is 0 Å². The van der Waals surface area contributed by atoms with Crippen molar-refractivity contribution in [3.63, 3.8) is 0 Å². The average Bonchev–Trinajstić information content (AvgIpc) is 2.16. The van der Waals surface area contributed by atoms with Crippen LogP contribution in [0, 0.1) is 6.92 Å². The van der Waals surface area contributed by atoms with E-state index in [0.29, 0.717) is 13.0 Å². The number of hydrogen-bond donors (Lipinski definition) is 1. The quantitative estimate of drug-likeness (QED) is 0.760. The van der Waals surface area contributed by atoms with Gasteiger partial charge in [-0.3, -0.25) is 9.78 Å². The Kier molecular flexibility index (Phi) is 3.43. The summed E-state index contributed by atoms with van der Waals surface area (Å²) in [6.45, 7) is 4.34. The summed E-state index contributed by atoms with van der Waals surface area (Å²) in [6, 6.07) is 3.91. The van der Waals surface area contributed by atoms with Crippen molar-refractivity contribution in [2.45, 2.75) is 26.8 Å². The van der Waals surface area contributed by atoms with Gasteiger partial charge in [-0.1, -0.05) is 13.0 Å². The van der Waals surface area contributed by atoms with Crippen LogP contribution in [0.5, 0.6) is 0 Å². The SMILES string of the molecule is CCC(=O)NCc1ccc(C)cn1. The normalized spacial score (nSPS) is 9.69. The molecule has 0 fully saturated rings. The van der Waals surface area contributed by atoms with Gasteiger partial charge in [0.2, 0.25) is 5.91 Å². The zero-order valence-electron chi connectivity index (χ0n) is 8.00. The van der Waals surface area contributed by atoms with Gasteiger partial charge in [-0.15, -0.1) is 0 Å². The second-order valence-corrected chi connectivity index (χ2v) is 2.96. The number of carbonyl (C=O) groups excluding carboxylic acids is 1. The van der Waals surface area contributed by atoms with Crippen LogP contribution in [-0.4, -0.2) is 10.9 Å². The van der Waals surface area contributed by atoms with Crippen LogP contribution in [0.4, 0.5) is 0 Å². The van der Waals surface area contributed by atoms with Gasteiger partial charge in [0.25, 0.3) is 0 Å². The van der Waals surface area contributed by atoms with Crippen molar-refractivity contribution in [3.05, 3.63) is 29.6 Å². The molecule has 13 heavy (non-hydrogen) atoms. The standard InChI is InChI=1S/C10H14N2O/c1-3-10(13)12-7-9-5-4-8(2)6-11-9/h4-6H,3,7H2,1-2H3,(H,12,13). The number of aromatic nitrogens is 1. The van der Waals surface area contributed by atoms with E-state index in [1.807, 2.05) is 26.0 Å². The lowest BCUT2D eigenvalue weighted by atomic mass is 10.3. The van der Waals surface area contributed by atoms with Crippen LogP contribution in [0.3, 0.4) is 0 Å². The van der Waals surface area contributed by atoms with E-state index in [4.69, 9.17) is 0 Å². The fourth-order valence-corrected chi connectivity index (χ4v) is 0.917. The fourth-order valence-electron chi connectivity index (χ4n) is 0.917. The summed E-state index contributed by atoms with van der Waals surface area (Å²) < 4.78 is 0. The van der Waals surface area contributed by atoms with Crippen molar-refractivity contribution >= 4 is 5.91 Å². The van der Waals surface area contributed by atoms with Gasteiger partial charge in [0.1, 0.15) is 0 Å². The van der Waals surface area contributed by atoms with E-state index in [-0.39, 0.29) is 5.91 Å². The molecule has 1 heterocycles. The minimum atomic E-state index is 0.0578. The maximum absolute atomic E-state index is 10.9. The lowest BCUT2D eigenvalue weighted by Crippen LogP contribution is -2.21. The highest BCUT2D eigenvalue weighted by molar-refractivity contribution is 5.75. The van der Waals surface area contributed by atoms with E-state index >= 15 is 0 Å². The zero-order chi connectivity index (χ0) is 9.68. The molecule has 3 heteroatoms. The number of carbonyl (C=O) groups is 1. The number of amides is 1. The minimum absolute atomic E-state index is 0.0578. The highest BCUT2D eigenvalue weighted by Crippen LogP contribution is 1.97. The van der Waals surface area contributed by atoms with E-state index < -0.39 is 0 Å². The highest BCUT2D eigenvalue weighted by Gasteiger charge is 1.97. The number of pyridine rings is 1. The Hall–Kier alpha value is -1.38. The van der Waals surface area contributed by atoms with Crippen molar-refractivity contribution < 1.29 is 4.79 Å². The molecule has 0 atom stereocenters. The number of rotatable bonds is 3. The van der Waals surface area contributed by atoms with E-state index in [2.05, 4.69) is 10.3 Å². The number of aryl methyl sites for hydroxylation is 1. The third kappa shape index (κ3) is 3.23. The van der Waals surface area contributed by atoms with Gasteiger partial charge >= 0.3 is 0 Å². The number of nitrogens with zero attached hydrogens (tertiary/aromatic N) is 1. The number of nitrogens with one attached hydrogen (secondary N) is 1. The monoisotopic (exact) mass is 178 g/mol. The van der Waals surface area contributed by atoms with Gasteiger partial charge in [-0.2, -0.15) is 0 Å². The largest absolute Gasteiger partial charge is 0.350 e. The van der Waals surface area contributed by atoms with Crippen molar-refractivity contribution in [2.24, 2.45) is 0 Å². The third-order valence-electron chi connectivity index (χ3n) is 1.76. The summed E-state index contributed by atoms with van der Waals surface area (Å²) in [5, 5.41) is 2.77. The van der Waals surface area contributed by atoms with Crippen molar-refractivity contribution in [2.75, 3.05) is 0 Å². The van der Waals surface area contributed by atoms with Crippen LogP contribution < -0.4 is 5.32 Å². The van der Waals surface area contributed by atoms with E-state index in [1.54, 1.807) is 6.20 Å². The second-order valence-electron chi connectivity index (χ2n) is 2.96. The van der Waals surface area contributed by atoms with Gasteiger partial charge in [-0.05, 0) is 18.6 Å². The summed E-state index contributed by atoms with van der Waals surface area (Å²) in [4.78, 5) is 15.1. The maximum atomic E-state index is 10.9. The molecule has 1 aromatic heterocycles. The Balaban J connectivity index is 2.46. The highest BCUT2D eigenvalue weighted by atomic mass is 16.1. The first-order valence-corrected chi connectivity index (χ1v) is 4.40. The van der Waals surface area contributed by atoms with Crippen LogP contribution in [0.2, 0.25) is 0 Å². The molecule has 70 valence electrons. The molecule has 1 rings (SSSR count). The average molecular weight is 178 g/mol. The van der Waals surface area contributed by atoms with Crippen molar-refractivity contribution in [1.82, 2.24) is 10.3 Å². The predicted octanol–water partition coefficient (Wildman–Crippen LogP) is 1.42. The third-order valence-corrected chi connectivity index (χ3v) is 1.76. The molecule has 1 aromatic rings. The Bertz CT molecular complexity index is 279. The second kappa shape index (κ2) is 4.60. The fraction of sp³-hybridized carbons (Fsp3) is 0.400. The van der Waals surface area contributed by atoms with E-state index in [0.717, 1.165) is 11.3 Å². The molecule has 1 amide bonds. The van der Waals surface area contributed by atoms with Gasteiger partial charge in [0.15, 0.2) is 0 Å². The van der Waals surface area contributed by atoms with Crippen LogP contribution in [-0.2, 0) is 11.3 Å².